The summed E-state index contributed by atoms with van der Waals surface area (Å²) in [7, 11) is 0. The molecule has 21 heavy (non-hydrogen) atoms. The van der Waals surface area contributed by atoms with Gasteiger partial charge < -0.3 is 5.32 Å². The molecule has 1 aromatic heterocycles. The van der Waals surface area contributed by atoms with Crippen LogP contribution >= 0.6 is 0 Å². The van der Waals surface area contributed by atoms with Crippen LogP contribution in [0, 0.1) is 0 Å². The molecule has 0 saturated carbocycles. The fraction of sp³-hybridized carbons (Fsp3) is 0.647. The molecule has 2 rings (SSSR count). The fourth-order valence-corrected chi connectivity index (χ4v) is 2.90. The van der Waals surface area contributed by atoms with E-state index in [1.165, 1.54) is 24.8 Å². The molecular formula is C17H27N3O. The van der Waals surface area contributed by atoms with Crippen molar-refractivity contribution in [2.45, 2.75) is 58.0 Å². The third-order valence-corrected chi connectivity index (χ3v) is 4.13. The average Bonchev–Trinajstić information content (AvgIpc) is 2.53. The first-order valence-corrected chi connectivity index (χ1v) is 8.22. The standard InChI is InChI=1S/C17H27N3O/c1-2-3-5-10-19-17(21)16-7-4-6-13-20(16)14-15-8-11-18-12-9-15/h8-9,11-12,16H,2-7,10,13-14H2,1H3,(H,19,21). The number of piperidine rings is 1. The normalized spacial score (nSPS) is 19.4. The summed E-state index contributed by atoms with van der Waals surface area (Å²) in [5.41, 5.74) is 1.23. The Morgan fingerprint density at radius 2 is 2.14 bits per heavy atom. The monoisotopic (exact) mass is 289 g/mol. The Kier molecular flexibility index (Phi) is 6.67. The largest absolute Gasteiger partial charge is 0.355 e. The van der Waals surface area contributed by atoms with Crippen LogP contribution in [-0.2, 0) is 11.3 Å². The zero-order valence-corrected chi connectivity index (χ0v) is 13.1. The number of amides is 1. The predicted molar refractivity (Wildman–Crippen MR) is 84.8 cm³/mol. The summed E-state index contributed by atoms with van der Waals surface area (Å²) in [6, 6.07) is 4.10. The van der Waals surface area contributed by atoms with Crippen LogP contribution in [0.4, 0.5) is 0 Å². The van der Waals surface area contributed by atoms with Gasteiger partial charge in [0.1, 0.15) is 0 Å². The number of nitrogens with zero attached hydrogens (tertiary/aromatic N) is 2. The molecule has 1 atom stereocenters. The highest BCUT2D eigenvalue weighted by Gasteiger charge is 2.28. The Balaban J connectivity index is 1.87. The number of unbranched alkanes of at least 4 members (excludes halogenated alkanes) is 2. The SMILES string of the molecule is CCCCCNC(=O)C1CCCCN1Cc1ccncc1. The van der Waals surface area contributed by atoms with E-state index in [4.69, 9.17) is 0 Å². The number of carbonyl (C=O) groups is 1. The van der Waals surface area contributed by atoms with Gasteiger partial charge in [-0.1, -0.05) is 26.2 Å². The van der Waals surface area contributed by atoms with Crippen molar-refractivity contribution < 1.29 is 4.79 Å². The van der Waals surface area contributed by atoms with E-state index < -0.39 is 0 Å². The van der Waals surface area contributed by atoms with Crippen LogP contribution in [-0.4, -0.2) is 34.9 Å². The fourth-order valence-electron chi connectivity index (χ4n) is 2.90. The van der Waals surface area contributed by atoms with Crippen molar-refractivity contribution in [3.8, 4) is 0 Å². The lowest BCUT2D eigenvalue weighted by Gasteiger charge is -2.34. The highest BCUT2D eigenvalue weighted by Crippen LogP contribution is 2.19. The molecule has 4 nitrogen and oxygen atoms in total. The van der Waals surface area contributed by atoms with E-state index in [9.17, 15) is 4.79 Å². The van der Waals surface area contributed by atoms with Gasteiger partial charge >= 0.3 is 0 Å². The van der Waals surface area contributed by atoms with Gasteiger partial charge in [-0.25, -0.2) is 0 Å². The summed E-state index contributed by atoms with van der Waals surface area (Å²) in [4.78, 5) is 18.8. The molecule has 1 aliphatic heterocycles. The van der Waals surface area contributed by atoms with Crippen molar-refractivity contribution in [1.29, 1.82) is 0 Å². The Labute approximate surface area is 127 Å². The summed E-state index contributed by atoms with van der Waals surface area (Å²) in [6.07, 6.45) is 10.4. The van der Waals surface area contributed by atoms with Crippen molar-refractivity contribution in [2.24, 2.45) is 0 Å². The molecule has 1 saturated heterocycles. The molecule has 1 aromatic rings. The highest BCUT2D eigenvalue weighted by atomic mass is 16.2. The molecule has 0 bridgehead atoms. The van der Waals surface area contributed by atoms with Crippen LogP contribution in [0.1, 0.15) is 51.0 Å². The molecule has 4 heteroatoms. The van der Waals surface area contributed by atoms with Crippen LogP contribution in [0.2, 0.25) is 0 Å². The van der Waals surface area contributed by atoms with E-state index in [0.717, 1.165) is 38.9 Å². The van der Waals surface area contributed by atoms with Crippen molar-refractivity contribution in [3.05, 3.63) is 30.1 Å². The van der Waals surface area contributed by atoms with Crippen LogP contribution in [0.15, 0.2) is 24.5 Å². The number of pyridine rings is 1. The molecule has 2 heterocycles. The lowest BCUT2D eigenvalue weighted by atomic mass is 10.0. The topological polar surface area (TPSA) is 45.2 Å². The first kappa shape index (κ1) is 16.0. The van der Waals surface area contributed by atoms with E-state index >= 15 is 0 Å². The van der Waals surface area contributed by atoms with Gasteiger partial charge in [-0.15, -0.1) is 0 Å². The van der Waals surface area contributed by atoms with Crippen LogP contribution in [0.3, 0.4) is 0 Å². The summed E-state index contributed by atoms with van der Waals surface area (Å²) >= 11 is 0. The van der Waals surface area contributed by atoms with Crippen molar-refractivity contribution >= 4 is 5.91 Å². The molecule has 0 aliphatic carbocycles. The second-order valence-corrected chi connectivity index (χ2v) is 5.84. The Bertz CT molecular complexity index is 421. The number of hydrogen-bond acceptors (Lipinski definition) is 3. The third kappa shape index (κ3) is 5.12. The number of nitrogens with one attached hydrogen (secondary N) is 1. The summed E-state index contributed by atoms with van der Waals surface area (Å²) in [5, 5.41) is 3.11. The molecule has 1 unspecified atom stereocenters. The molecule has 0 radical (unpaired) electrons. The minimum absolute atomic E-state index is 0.0357. The second kappa shape index (κ2) is 8.78. The van der Waals surface area contributed by atoms with Crippen molar-refractivity contribution in [1.82, 2.24) is 15.2 Å². The number of likely N-dealkylation sites (tertiary alicyclic amines) is 1. The van der Waals surface area contributed by atoms with E-state index in [-0.39, 0.29) is 11.9 Å². The van der Waals surface area contributed by atoms with Crippen molar-refractivity contribution in [3.63, 3.8) is 0 Å². The quantitative estimate of drug-likeness (QED) is 0.785. The first-order valence-electron chi connectivity index (χ1n) is 8.22. The molecule has 1 aliphatic rings. The molecule has 1 amide bonds. The van der Waals surface area contributed by atoms with Crippen LogP contribution in [0.5, 0.6) is 0 Å². The number of hydrogen-bond donors (Lipinski definition) is 1. The van der Waals surface area contributed by atoms with Gasteiger partial charge in [0, 0.05) is 25.5 Å². The zero-order valence-electron chi connectivity index (χ0n) is 13.1. The average molecular weight is 289 g/mol. The Morgan fingerprint density at radius 1 is 1.33 bits per heavy atom. The zero-order chi connectivity index (χ0) is 14.9. The molecular weight excluding hydrogens is 262 g/mol. The lowest BCUT2D eigenvalue weighted by molar-refractivity contribution is -0.127. The van der Waals surface area contributed by atoms with E-state index in [2.05, 4.69) is 22.1 Å². The molecule has 0 spiro atoms. The Hall–Kier alpha value is -1.42. The highest BCUT2D eigenvalue weighted by molar-refractivity contribution is 5.81. The summed E-state index contributed by atoms with van der Waals surface area (Å²) in [6.45, 7) is 4.84. The molecule has 1 fully saturated rings. The van der Waals surface area contributed by atoms with Gasteiger partial charge in [-0.3, -0.25) is 14.7 Å². The van der Waals surface area contributed by atoms with Crippen LogP contribution in [0.25, 0.3) is 0 Å². The molecule has 1 N–H and O–H groups in total. The maximum Gasteiger partial charge on any atom is 0.237 e. The summed E-state index contributed by atoms with van der Waals surface area (Å²) < 4.78 is 0. The number of aromatic nitrogens is 1. The summed E-state index contributed by atoms with van der Waals surface area (Å²) in [5.74, 6) is 0.208. The minimum atomic E-state index is 0.0357. The van der Waals surface area contributed by atoms with Crippen molar-refractivity contribution in [2.75, 3.05) is 13.1 Å². The Morgan fingerprint density at radius 3 is 2.90 bits per heavy atom. The van der Waals surface area contributed by atoms with Gasteiger partial charge in [0.25, 0.3) is 0 Å². The maximum absolute atomic E-state index is 12.4. The van der Waals surface area contributed by atoms with Gasteiger partial charge in [0.05, 0.1) is 6.04 Å². The lowest BCUT2D eigenvalue weighted by Crippen LogP contribution is -2.49. The minimum Gasteiger partial charge on any atom is -0.355 e. The number of carbonyl (C=O) groups excluding carboxylic acids is 1. The van der Waals surface area contributed by atoms with Gasteiger partial charge in [-0.05, 0) is 43.5 Å². The maximum atomic E-state index is 12.4. The van der Waals surface area contributed by atoms with Gasteiger partial charge in [-0.2, -0.15) is 0 Å². The van der Waals surface area contributed by atoms with Gasteiger partial charge in [0.2, 0.25) is 5.91 Å². The number of rotatable bonds is 7. The molecule has 0 aromatic carbocycles. The smallest absolute Gasteiger partial charge is 0.237 e. The van der Waals surface area contributed by atoms with E-state index in [1.807, 2.05) is 24.5 Å². The first-order chi connectivity index (χ1) is 10.3. The van der Waals surface area contributed by atoms with Gasteiger partial charge in [0.15, 0.2) is 0 Å². The second-order valence-electron chi connectivity index (χ2n) is 5.84. The molecule has 116 valence electrons. The van der Waals surface area contributed by atoms with E-state index in [1.54, 1.807) is 0 Å². The van der Waals surface area contributed by atoms with Crippen LogP contribution < -0.4 is 5.32 Å². The van der Waals surface area contributed by atoms with E-state index in [0.29, 0.717) is 0 Å². The predicted octanol–water partition coefficient (Wildman–Crippen LogP) is 2.74. The third-order valence-electron chi connectivity index (χ3n) is 4.13.